The molecule has 3 rings (SSSR count). The number of hydrogen-bond acceptors (Lipinski definition) is 8. The molecule has 2 aromatic heterocycles. The van der Waals surface area contributed by atoms with Crippen molar-refractivity contribution in [3.8, 4) is 6.07 Å². The van der Waals surface area contributed by atoms with Gasteiger partial charge in [0.15, 0.2) is 17.3 Å². The molecule has 0 fully saturated rings. The Balaban J connectivity index is 1.76. The Morgan fingerprint density at radius 1 is 1.31 bits per heavy atom. The number of rotatable bonds is 7. The number of para-hydroxylation sites is 2. The van der Waals surface area contributed by atoms with Gasteiger partial charge in [-0.15, -0.1) is 0 Å². The highest BCUT2D eigenvalue weighted by molar-refractivity contribution is 5.87. The number of nitrogens with zero attached hydrogens (tertiary/aromatic N) is 4. The van der Waals surface area contributed by atoms with Crippen LogP contribution in [0.15, 0.2) is 47.0 Å². The van der Waals surface area contributed by atoms with E-state index in [4.69, 9.17) is 9.47 Å². The van der Waals surface area contributed by atoms with Crippen LogP contribution in [0, 0.1) is 11.3 Å². The largest absolute Gasteiger partial charge is 0.507 e. The zero-order chi connectivity index (χ0) is 20.8. The van der Waals surface area contributed by atoms with E-state index in [1.807, 2.05) is 6.07 Å². The Labute approximate surface area is 164 Å². The first-order chi connectivity index (χ1) is 14.0. The second-order valence-corrected chi connectivity index (χ2v) is 5.88. The summed E-state index contributed by atoms with van der Waals surface area (Å²) in [6, 6.07) is 11.4. The molecule has 10 heteroatoms. The quantitative estimate of drug-likeness (QED) is 0.347. The number of aliphatic hydroxyl groups excluding tert-OH is 1. The molecule has 3 aromatic rings. The summed E-state index contributed by atoms with van der Waals surface area (Å²) in [6.07, 6.45) is 0. The number of methoxy groups -OCH3 is 1. The summed E-state index contributed by atoms with van der Waals surface area (Å²) >= 11 is 0. The molecule has 1 aromatic carbocycles. The maximum absolute atomic E-state index is 12.2. The standard InChI is InChI=1S/C19H17N5O5/c1-28-9-8-24-17(26)7-6-15(23-24)19(27)29-11-16(25)12(10-20)18-21-13-4-2-3-5-14(13)22-18/h2-7,25H,8-9,11H2,1H3,(H,21,22)/b16-12-. The lowest BCUT2D eigenvalue weighted by Crippen LogP contribution is -2.26. The summed E-state index contributed by atoms with van der Waals surface area (Å²) in [5.74, 6) is -1.16. The molecule has 29 heavy (non-hydrogen) atoms. The van der Waals surface area contributed by atoms with Crippen molar-refractivity contribution in [3.63, 3.8) is 0 Å². The van der Waals surface area contributed by atoms with Crippen LogP contribution in [0.2, 0.25) is 0 Å². The minimum atomic E-state index is -0.857. The van der Waals surface area contributed by atoms with Crippen molar-refractivity contribution in [2.45, 2.75) is 6.54 Å². The third-order valence-corrected chi connectivity index (χ3v) is 3.95. The number of H-pyrrole nitrogens is 1. The average molecular weight is 395 g/mol. The number of aromatic nitrogens is 4. The normalized spacial score (nSPS) is 11.7. The minimum Gasteiger partial charge on any atom is -0.507 e. The predicted molar refractivity (Wildman–Crippen MR) is 102 cm³/mol. The summed E-state index contributed by atoms with van der Waals surface area (Å²) < 4.78 is 11.0. The molecule has 0 amide bonds. The van der Waals surface area contributed by atoms with Crippen LogP contribution >= 0.6 is 0 Å². The lowest BCUT2D eigenvalue weighted by atomic mass is 10.2. The van der Waals surface area contributed by atoms with Crippen molar-refractivity contribution in [2.24, 2.45) is 0 Å². The van der Waals surface area contributed by atoms with Gasteiger partial charge < -0.3 is 19.6 Å². The van der Waals surface area contributed by atoms with Crippen molar-refractivity contribution in [1.29, 1.82) is 5.26 Å². The molecule has 0 aliphatic rings. The van der Waals surface area contributed by atoms with Crippen molar-refractivity contribution in [3.05, 3.63) is 64.0 Å². The van der Waals surface area contributed by atoms with Crippen LogP contribution in [0.3, 0.4) is 0 Å². The van der Waals surface area contributed by atoms with Crippen molar-refractivity contribution >= 4 is 22.6 Å². The summed E-state index contributed by atoms with van der Waals surface area (Å²) in [5.41, 5.74) is 0.672. The second-order valence-electron chi connectivity index (χ2n) is 5.88. The van der Waals surface area contributed by atoms with Crippen LogP contribution in [0.4, 0.5) is 0 Å². The lowest BCUT2D eigenvalue weighted by molar-refractivity contribution is 0.0492. The highest BCUT2D eigenvalue weighted by atomic mass is 16.5. The third kappa shape index (κ3) is 4.48. The fourth-order valence-corrected chi connectivity index (χ4v) is 2.50. The number of esters is 1. The molecule has 0 unspecified atom stereocenters. The van der Waals surface area contributed by atoms with Crippen molar-refractivity contribution in [1.82, 2.24) is 19.7 Å². The van der Waals surface area contributed by atoms with E-state index in [-0.39, 0.29) is 30.2 Å². The van der Waals surface area contributed by atoms with E-state index >= 15 is 0 Å². The molecular weight excluding hydrogens is 378 g/mol. The van der Waals surface area contributed by atoms with Crippen LogP contribution < -0.4 is 5.56 Å². The number of fused-ring (bicyclic) bond motifs is 1. The van der Waals surface area contributed by atoms with E-state index in [1.165, 1.54) is 19.2 Å². The highest BCUT2D eigenvalue weighted by Crippen LogP contribution is 2.18. The smallest absolute Gasteiger partial charge is 0.359 e. The van der Waals surface area contributed by atoms with E-state index in [0.717, 1.165) is 4.68 Å². The Bertz CT molecular complexity index is 1140. The van der Waals surface area contributed by atoms with Gasteiger partial charge in [0.05, 0.1) is 24.2 Å². The Hall–Kier alpha value is -3.97. The van der Waals surface area contributed by atoms with Gasteiger partial charge in [-0.25, -0.2) is 14.5 Å². The Morgan fingerprint density at radius 3 is 2.83 bits per heavy atom. The van der Waals surface area contributed by atoms with Gasteiger partial charge in [0, 0.05) is 13.2 Å². The van der Waals surface area contributed by atoms with Gasteiger partial charge in [0.2, 0.25) is 0 Å². The fraction of sp³-hybridized carbons (Fsp3) is 0.211. The molecule has 0 radical (unpaired) electrons. The summed E-state index contributed by atoms with van der Waals surface area (Å²) in [7, 11) is 1.48. The Kier molecular flexibility index (Phi) is 6.01. The third-order valence-electron chi connectivity index (χ3n) is 3.95. The van der Waals surface area contributed by atoms with Gasteiger partial charge in [0.25, 0.3) is 5.56 Å². The number of nitriles is 1. The number of benzene rings is 1. The van der Waals surface area contributed by atoms with Crippen molar-refractivity contribution < 1.29 is 19.4 Å². The SMILES string of the molecule is COCCn1nc(C(=O)OC/C(O)=C(\C#N)c2nc3ccccc3[nH]2)ccc1=O. The number of aliphatic hydroxyl groups is 1. The molecule has 2 heterocycles. The number of carbonyl (C=O) groups excluding carboxylic acids is 1. The molecule has 2 N–H and O–H groups in total. The first kappa shape index (κ1) is 19.8. The monoisotopic (exact) mass is 395 g/mol. The topological polar surface area (TPSA) is 143 Å². The number of nitrogens with one attached hydrogen (secondary N) is 1. The molecule has 10 nitrogen and oxygen atoms in total. The molecular formula is C19H17N5O5. The van der Waals surface area contributed by atoms with Gasteiger partial charge in [0.1, 0.15) is 18.2 Å². The fourth-order valence-electron chi connectivity index (χ4n) is 2.50. The molecule has 0 saturated heterocycles. The van der Waals surface area contributed by atoms with Crippen molar-refractivity contribution in [2.75, 3.05) is 20.3 Å². The molecule has 0 spiro atoms. The summed E-state index contributed by atoms with van der Waals surface area (Å²) in [6.45, 7) is -0.137. The molecule has 0 saturated carbocycles. The first-order valence-electron chi connectivity index (χ1n) is 8.55. The van der Waals surface area contributed by atoms with Crippen LogP contribution in [0.1, 0.15) is 16.3 Å². The average Bonchev–Trinajstić information content (AvgIpc) is 3.15. The molecule has 148 valence electrons. The zero-order valence-electron chi connectivity index (χ0n) is 15.5. The van der Waals surface area contributed by atoms with Crippen LogP contribution in [0.5, 0.6) is 0 Å². The first-order valence-corrected chi connectivity index (χ1v) is 8.55. The summed E-state index contributed by atoms with van der Waals surface area (Å²) in [4.78, 5) is 31.1. The van der Waals surface area contributed by atoms with E-state index < -0.39 is 23.9 Å². The van der Waals surface area contributed by atoms with E-state index in [0.29, 0.717) is 11.0 Å². The molecule has 0 aliphatic carbocycles. The van der Waals surface area contributed by atoms with Gasteiger partial charge in [-0.2, -0.15) is 10.4 Å². The number of aromatic amines is 1. The van der Waals surface area contributed by atoms with E-state index in [1.54, 1.807) is 24.3 Å². The highest BCUT2D eigenvalue weighted by Gasteiger charge is 2.17. The number of ether oxygens (including phenoxy) is 2. The molecule has 0 bridgehead atoms. The Morgan fingerprint density at radius 2 is 2.10 bits per heavy atom. The number of carbonyl (C=O) groups is 1. The zero-order valence-corrected chi connectivity index (χ0v) is 15.5. The van der Waals surface area contributed by atoms with Crippen LogP contribution in [-0.4, -0.2) is 51.1 Å². The van der Waals surface area contributed by atoms with Crippen LogP contribution in [0.25, 0.3) is 16.6 Å². The summed E-state index contributed by atoms with van der Waals surface area (Å²) in [5, 5.41) is 23.5. The van der Waals surface area contributed by atoms with Gasteiger partial charge in [-0.1, -0.05) is 12.1 Å². The van der Waals surface area contributed by atoms with E-state index in [2.05, 4.69) is 15.1 Å². The lowest BCUT2D eigenvalue weighted by Gasteiger charge is -2.07. The molecule has 0 atom stereocenters. The maximum Gasteiger partial charge on any atom is 0.359 e. The second kappa shape index (κ2) is 8.81. The van der Waals surface area contributed by atoms with Gasteiger partial charge in [-0.05, 0) is 18.2 Å². The van der Waals surface area contributed by atoms with Gasteiger partial charge in [-0.3, -0.25) is 4.79 Å². The number of hydrogen-bond donors (Lipinski definition) is 2. The molecule has 0 aliphatic heterocycles. The predicted octanol–water partition coefficient (Wildman–Crippen LogP) is 1.42. The minimum absolute atomic E-state index is 0.115. The van der Waals surface area contributed by atoms with E-state index in [9.17, 15) is 20.0 Å². The van der Waals surface area contributed by atoms with Crippen LogP contribution in [-0.2, 0) is 16.0 Å². The van der Waals surface area contributed by atoms with Gasteiger partial charge >= 0.3 is 5.97 Å². The number of allylic oxidation sites excluding steroid dienone is 1. The maximum atomic E-state index is 12.2. The number of imidazole rings is 1.